The molecule has 0 aromatic rings. The molecule has 0 nitrogen and oxygen atoms in total. The monoisotopic (exact) mass is 547 g/mol. The molecule has 0 aliphatic heterocycles. The van der Waals surface area contributed by atoms with E-state index >= 15 is 0 Å². The van der Waals surface area contributed by atoms with E-state index < -0.39 is 0 Å². The largest absolute Gasteiger partial charge is 0.0877 e. The van der Waals surface area contributed by atoms with E-state index in [0.717, 1.165) is 6.42 Å². The Balaban J connectivity index is 4.16. The lowest BCUT2D eigenvalue weighted by atomic mass is 10.00. The Bertz CT molecular complexity index is 884. The Labute approximate surface area is 251 Å². The zero-order valence-corrected chi connectivity index (χ0v) is 28.4. The molecule has 0 spiro atoms. The molecule has 0 aliphatic carbocycles. The average molecular weight is 547 g/mol. The van der Waals surface area contributed by atoms with E-state index in [9.17, 15) is 0 Å². The first-order chi connectivity index (χ1) is 19.0. The van der Waals surface area contributed by atoms with E-state index in [4.69, 9.17) is 0 Å². The molecule has 3 atom stereocenters. The summed E-state index contributed by atoms with van der Waals surface area (Å²) in [7, 11) is 0. The van der Waals surface area contributed by atoms with Gasteiger partial charge < -0.3 is 0 Å². The highest BCUT2D eigenvalue weighted by Gasteiger charge is 1.99. The van der Waals surface area contributed by atoms with Gasteiger partial charge >= 0.3 is 0 Å². The number of allylic oxidation sites excluding steroid dienone is 16. The Morgan fingerprint density at radius 3 is 1.27 bits per heavy atom. The molecule has 0 radical (unpaired) electrons. The number of hydrogen-bond donors (Lipinski definition) is 0. The summed E-state index contributed by atoms with van der Waals surface area (Å²) in [4.78, 5) is 0. The summed E-state index contributed by atoms with van der Waals surface area (Å²) in [5, 5.41) is 0. The van der Waals surface area contributed by atoms with Crippen LogP contribution >= 0.6 is 0 Å². The molecule has 0 saturated carbocycles. The summed E-state index contributed by atoms with van der Waals surface area (Å²) >= 11 is 0. The molecule has 0 heteroatoms. The fourth-order valence-corrected chi connectivity index (χ4v) is 4.52. The van der Waals surface area contributed by atoms with Crippen LogP contribution in [0, 0.1) is 17.8 Å². The number of rotatable bonds is 21. The van der Waals surface area contributed by atoms with Crippen LogP contribution < -0.4 is 0 Å². The first kappa shape index (κ1) is 37.9. The quantitative estimate of drug-likeness (QED) is 0.0991. The van der Waals surface area contributed by atoms with E-state index in [0.29, 0.717) is 17.8 Å². The third-order valence-corrected chi connectivity index (χ3v) is 7.41. The van der Waals surface area contributed by atoms with Crippen LogP contribution in [0.3, 0.4) is 0 Å². The van der Waals surface area contributed by atoms with Crippen molar-refractivity contribution in [3.8, 4) is 0 Å². The molecule has 3 unspecified atom stereocenters. The van der Waals surface area contributed by atoms with Crippen LogP contribution in [0.5, 0.6) is 0 Å². The molecular formula is C40H66. The van der Waals surface area contributed by atoms with Crippen LogP contribution in [-0.2, 0) is 0 Å². The second-order valence-corrected chi connectivity index (χ2v) is 12.9. The van der Waals surface area contributed by atoms with Gasteiger partial charge in [-0.2, -0.15) is 0 Å². The third kappa shape index (κ3) is 26.2. The molecular weight excluding hydrogens is 480 g/mol. The Hall–Kier alpha value is -2.08. The van der Waals surface area contributed by atoms with Crippen molar-refractivity contribution in [1.82, 2.24) is 0 Å². The maximum absolute atomic E-state index is 2.45. The van der Waals surface area contributed by atoms with Crippen LogP contribution in [0.1, 0.15) is 140 Å². The molecule has 0 bridgehead atoms. The van der Waals surface area contributed by atoms with E-state index in [1.54, 1.807) is 0 Å². The lowest BCUT2D eigenvalue weighted by Gasteiger charge is -2.06. The van der Waals surface area contributed by atoms with Gasteiger partial charge in [0.25, 0.3) is 0 Å². The van der Waals surface area contributed by atoms with Crippen LogP contribution in [0.25, 0.3) is 0 Å². The summed E-state index contributed by atoms with van der Waals surface area (Å²) in [5.41, 5.74) is 7.43. The van der Waals surface area contributed by atoms with Gasteiger partial charge in [-0.1, -0.05) is 115 Å². The summed E-state index contributed by atoms with van der Waals surface area (Å²) in [6.45, 7) is 22.5. The molecule has 0 rings (SSSR count). The van der Waals surface area contributed by atoms with Crippen LogP contribution in [0.15, 0.2) is 94.7 Å². The maximum Gasteiger partial charge on any atom is -0.0224 e. The molecule has 40 heavy (non-hydrogen) atoms. The van der Waals surface area contributed by atoms with Gasteiger partial charge in [-0.05, 0) is 137 Å². The van der Waals surface area contributed by atoms with Crippen molar-refractivity contribution in [3.05, 3.63) is 94.7 Å². The normalized spacial score (nSPS) is 15.7. The summed E-state index contributed by atoms with van der Waals surface area (Å²) in [6, 6.07) is 0. The fourth-order valence-electron chi connectivity index (χ4n) is 4.52. The van der Waals surface area contributed by atoms with Gasteiger partial charge in [-0.3, -0.25) is 0 Å². The van der Waals surface area contributed by atoms with Gasteiger partial charge in [0.2, 0.25) is 0 Å². The molecule has 0 saturated heterocycles. The standard InChI is InChI=1S/C40H66/c1-33(2)19-13-23-37(7)27-17-31-39(9)29-15-25-35(5)21-11-12-22-36(6)26-16-30-40(10)32-18-28-38(8)24-14-20-34(3)4/h11-12,15,19-22,27-30,35-36,39H,13-14,16-18,23-26,31-32H2,1-10H3/b21-11+,22-12+,29-15+,37-27+,38-28+,40-30+. The van der Waals surface area contributed by atoms with E-state index in [1.165, 1.54) is 92.1 Å². The lowest BCUT2D eigenvalue weighted by molar-refractivity contribution is 0.647. The first-order valence-corrected chi connectivity index (χ1v) is 16.2. The van der Waals surface area contributed by atoms with Crippen molar-refractivity contribution in [2.24, 2.45) is 17.8 Å². The van der Waals surface area contributed by atoms with E-state index in [1.807, 2.05) is 0 Å². The lowest BCUT2D eigenvalue weighted by Crippen LogP contribution is -1.91. The first-order valence-electron chi connectivity index (χ1n) is 16.2. The van der Waals surface area contributed by atoms with Crippen molar-refractivity contribution in [1.29, 1.82) is 0 Å². The van der Waals surface area contributed by atoms with Crippen molar-refractivity contribution in [2.75, 3.05) is 0 Å². The molecule has 0 amide bonds. The Kier molecular flexibility index (Phi) is 23.4. The van der Waals surface area contributed by atoms with Crippen LogP contribution in [0.4, 0.5) is 0 Å². The van der Waals surface area contributed by atoms with Crippen molar-refractivity contribution in [2.45, 2.75) is 140 Å². The van der Waals surface area contributed by atoms with Gasteiger partial charge in [0.1, 0.15) is 0 Å². The second kappa shape index (κ2) is 24.7. The third-order valence-electron chi connectivity index (χ3n) is 7.41. The van der Waals surface area contributed by atoms with Gasteiger partial charge in [0.15, 0.2) is 0 Å². The zero-order chi connectivity index (χ0) is 30.2. The minimum atomic E-state index is 0.580. The summed E-state index contributed by atoms with van der Waals surface area (Å²) in [5.74, 6) is 1.85. The molecule has 0 fully saturated rings. The highest BCUT2D eigenvalue weighted by atomic mass is 14.0. The van der Waals surface area contributed by atoms with Crippen molar-refractivity contribution < 1.29 is 0 Å². The van der Waals surface area contributed by atoms with E-state index in [2.05, 4.69) is 136 Å². The maximum atomic E-state index is 2.45. The number of hydrogen-bond acceptors (Lipinski definition) is 0. The SMILES string of the molecule is CC(C)=CCC/C(C)=C/CC/C(C)=C/CCC(C)/C=C/C=C/C(C)C/C=C/C(C)CC/C=C(\C)CCC=C(C)C. The molecule has 0 aromatic heterocycles. The Morgan fingerprint density at radius 2 is 0.825 bits per heavy atom. The topological polar surface area (TPSA) is 0 Å². The molecule has 0 aromatic carbocycles. The highest BCUT2D eigenvalue weighted by molar-refractivity contribution is 5.08. The smallest absolute Gasteiger partial charge is 0.0224 e. The van der Waals surface area contributed by atoms with Gasteiger partial charge in [0.05, 0.1) is 0 Å². The van der Waals surface area contributed by atoms with Gasteiger partial charge in [-0.15, -0.1) is 0 Å². The van der Waals surface area contributed by atoms with Gasteiger partial charge in [-0.25, -0.2) is 0 Å². The predicted molar refractivity (Wildman–Crippen MR) is 186 cm³/mol. The predicted octanol–water partition coefficient (Wildman–Crippen LogP) is 13.6. The van der Waals surface area contributed by atoms with Gasteiger partial charge in [0, 0.05) is 0 Å². The Morgan fingerprint density at radius 1 is 0.450 bits per heavy atom. The van der Waals surface area contributed by atoms with E-state index in [-0.39, 0.29) is 0 Å². The fraction of sp³-hybridized carbons (Fsp3) is 0.600. The molecule has 0 heterocycles. The average Bonchev–Trinajstić information content (AvgIpc) is 2.86. The van der Waals surface area contributed by atoms with Crippen molar-refractivity contribution in [3.63, 3.8) is 0 Å². The minimum Gasteiger partial charge on any atom is -0.0877 e. The summed E-state index contributed by atoms with van der Waals surface area (Å²) in [6.07, 6.45) is 39.0. The zero-order valence-electron chi connectivity index (χ0n) is 28.4. The second-order valence-electron chi connectivity index (χ2n) is 12.9. The molecule has 0 N–H and O–H groups in total. The minimum absolute atomic E-state index is 0.580. The van der Waals surface area contributed by atoms with Crippen molar-refractivity contribution >= 4 is 0 Å². The highest BCUT2D eigenvalue weighted by Crippen LogP contribution is 2.16. The summed E-state index contributed by atoms with van der Waals surface area (Å²) < 4.78 is 0. The van der Waals surface area contributed by atoms with Crippen LogP contribution in [-0.4, -0.2) is 0 Å². The molecule has 226 valence electrons. The molecule has 0 aliphatic rings. The van der Waals surface area contributed by atoms with Crippen LogP contribution in [0.2, 0.25) is 0 Å².